The average Bonchev–Trinajstić information content (AvgIpc) is 3.47. The van der Waals surface area contributed by atoms with E-state index in [4.69, 9.17) is 10.5 Å². The lowest BCUT2D eigenvalue weighted by Gasteiger charge is -2.16. The molecule has 1 fully saturated rings. The van der Waals surface area contributed by atoms with Crippen LogP contribution < -0.4 is 10.5 Å². The summed E-state index contributed by atoms with van der Waals surface area (Å²) < 4.78 is 33.7. The summed E-state index contributed by atoms with van der Waals surface area (Å²) in [5.74, 6) is 0.318. The monoisotopic (exact) mass is 493 g/mol. The van der Waals surface area contributed by atoms with Gasteiger partial charge >= 0.3 is 0 Å². The van der Waals surface area contributed by atoms with Crippen molar-refractivity contribution in [3.8, 4) is 22.8 Å². The molecule has 0 radical (unpaired) electrons. The van der Waals surface area contributed by atoms with Crippen LogP contribution in [0.15, 0.2) is 59.9 Å². The highest BCUT2D eigenvalue weighted by atomic mass is 32.2. The highest BCUT2D eigenvalue weighted by molar-refractivity contribution is 7.84. The number of carbonyl (C=O) groups is 1. The first-order chi connectivity index (χ1) is 16.9. The third-order valence-corrected chi connectivity index (χ3v) is 7.12. The summed E-state index contributed by atoms with van der Waals surface area (Å²) in [4.78, 5) is 24.3. The lowest BCUT2D eigenvalue weighted by molar-refractivity contribution is 0.0791. The molecule has 35 heavy (non-hydrogen) atoms. The second-order valence-electron chi connectivity index (χ2n) is 8.47. The zero-order valence-corrected chi connectivity index (χ0v) is 20.1. The van der Waals surface area contributed by atoms with Crippen LogP contribution in [0.3, 0.4) is 0 Å². The van der Waals surface area contributed by atoms with Crippen LogP contribution in [-0.4, -0.2) is 62.0 Å². The summed E-state index contributed by atoms with van der Waals surface area (Å²) in [7, 11) is 0.241. The van der Waals surface area contributed by atoms with Crippen LogP contribution in [0, 0.1) is 5.82 Å². The third kappa shape index (κ3) is 4.30. The maximum Gasteiger partial charge on any atom is 0.253 e. The van der Waals surface area contributed by atoms with Crippen molar-refractivity contribution < 1.29 is 18.1 Å². The predicted octanol–water partition coefficient (Wildman–Crippen LogP) is 3.15. The number of methoxy groups -OCH3 is 1. The van der Waals surface area contributed by atoms with E-state index >= 15 is 0 Å². The minimum Gasteiger partial charge on any atom is -0.497 e. The number of amides is 1. The summed E-state index contributed by atoms with van der Waals surface area (Å²) in [5, 5.41) is 0.743. The van der Waals surface area contributed by atoms with Gasteiger partial charge in [-0.3, -0.25) is 13.6 Å². The number of halogens is 1. The standard InChI is InChI=1S/C25H24FN5O3S/c1-34-18-4-6-21(26)20(10-18)16-11-28-25(29-12-16)31-14-23(35(2)33)19-5-3-15(9-22(19)31)24(32)30-8-7-17(27)13-30/h3-6,9-12,14,17H,7-8,13,27H2,1-2H3. The summed E-state index contributed by atoms with van der Waals surface area (Å²) in [6, 6.07) is 9.74. The molecular formula is C25H24FN5O3S. The van der Waals surface area contributed by atoms with E-state index in [9.17, 15) is 13.4 Å². The van der Waals surface area contributed by atoms with Gasteiger partial charge in [0.25, 0.3) is 5.91 Å². The largest absolute Gasteiger partial charge is 0.497 e. The van der Waals surface area contributed by atoms with Gasteiger partial charge in [-0.25, -0.2) is 14.4 Å². The molecule has 1 aliphatic heterocycles. The number of nitrogens with two attached hydrogens (primary N) is 1. The molecule has 1 aliphatic rings. The minimum atomic E-state index is -1.27. The van der Waals surface area contributed by atoms with Crippen LogP contribution in [-0.2, 0) is 10.8 Å². The first-order valence-corrected chi connectivity index (χ1v) is 12.6. The van der Waals surface area contributed by atoms with E-state index in [1.54, 1.807) is 52.3 Å². The van der Waals surface area contributed by atoms with E-state index in [0.29, 0.717) is 51.9 Å². The first-order valence-electron chi connectivity index (χ1n) is 11.1. The molecule has 1 saturated heterocycles. The second kappa shape index (κ2) is 9.20. The Kier molecular flexibility index (Phi) is 6.08. The van der Waals surface area contributed by atoms with Crippen molar-refractivity contribution in [3.63, 3.8) is 0 Å². The topological polar surface area (TPSA) is 103 Å². The number of ether oxygens (including phenoxy) is 1. The van der Waals surface area contributed by atoms with E-state index in [1.165, 1.54) is 25.6 Å². The Morgan fingerprint density at radius 3 is 2.63 bits per heavy atom. The first kappa shape index (κ1) is 23.1. The quantitative estimate of drug-likeness (QED) is 0.458. The maximum absolute atomic E-state index is 14.4. The highest BCUT2D eigenvalue weighted by Crippen LogP contribution is 2.30. The van der Waals surface area contributed by atoms with Crippen molar-refractivity contribution >= 4 is 27.6 Å². The summed E-state index contributed by atoms with van der Waals surface area (Å²) in [6.45, 7) is 1.14. The number of hydrogen-bond acceptors (Lipinski definition) is 6. The fraction of sp³-hybridized carbons (Fsp3) is 0.240. The molecule has 2 atom stereocenters. The van der Waals surface area contributed by atoms with Crippen LogP contribution in [0.5, 0.6) is 5.75 Å². The Morgan fingerprint density at radius 2 is 1.97 bits per heavy atom. The van der Waals surface area contributed by atoms with Crippen LogP contribution in [0.25, 0.3) is 28.0 Å². The maximum atomic E-state index is 14.4. The predicted molar refractivity (Wildman–Crippen MR) is 132 cm³/mol. The Labute approximate surface area is 204 Å². The van der Waals surface area contributed by atoms with E-state index < -0.39 is 16.6 Å². The van der Waals surface area contributed by atoms with E-state index in [1.807, 2.05) is 0 Å². The Balaban J connectivity index is 1.56. The van der Waals surface area contributed by atoms with Gasteiger partial charge < -0.3 is 15.4 Å². The zero-order valence-electron chi connectivity index (χ0n) is 19.3. The molecule has 5 rings (SSSR count). The molecule has 8 nitrogen and oxygen atoms in total. The van der Waals surface area contributed by atoms with Gasteiger partial charge in [-0.2, -0.15) is 0 Å². The molecule has 1 amide bonds. The van der Waals surface area contributed by atoms with E-state index in [-0.39, 0.29) is 11.9 Å². The fourth-order valence-electron chi connectivity index (χ4n) is 4.31. The van der Waals surface area contributed by atoms with E-state index in [2.05, 4.69) is 9.97 Å². The van der Waals surface area contributed by atoms with Crippen molar-refractivity contribution in [2.45, 2.75) is 17.4 Å². The summed E-state index contributed by atoms with van der Waals surface area (Å²) in [6.07, 6.45) is 7.13. The number of rotatable bonds is 5. The molecule has 0 saturated carbocycles. The van der Waals surface area contributed by atoms with Gasteiger partial charge in [0.05, 0.1) is 28.3 Å². The van der Waals surface area contributed by atoms with Gasteiger partial charge in [0.1, 0.15) is 11.6 Å². The third-order valence-electron chi connectivity index (χ3n) is 6.18. The molecule has 0 bridgehead atoms. The molecular weight excluding hydrogens is 469 g/mol. The molecule has 2 aromatic carbocycles. The Morgan fingerprint density at radius 1 is 1.20 bits per heavy atom. The molecule has 4 aromatic rings. The van der Waals surface area contributed by atoms with Crippen LogP contribution in [0.1, 0.15) is 16.8 Å². The molecule has 0 spiro atoms. The van der Waals surface area contributed by atoms with Crippen molar-refractivity contribution in [1.29, 1.82) is 0 Å². The van der Waals surface area contributed by atoms with E-state index in [0.717, 1.165) is 11.8 Å². The van der Waals surface area contributed by atoms with Gasteiger partial charge in [0.15, 0.2) is 0 Å². The van der Waals surface area contributed by atoms with Crippen LogP contribution in [0.4, 0.5) is 4.39 Å². The number of likely N-dealkylation sites (tertiary alicyclic amines) is 1. The van der Waals surface area contributed by atoms with Crippen LogP contribution >= 0.6 is 0 Å². The SMILES string of the molecule is COc1ccc(F)c(-c2cnc(-n3cc(S(C)=O)c4ccc(C(=O)N5CCC(N)C5)cc43)nc2)c1. The molecule has 3 heterocycles. The average molecular weight is 494 g/mol. The summed E-state index contributed by atoms with van der Waals surface area (Å²) in [5.41, 5.74) is 7.94. The van der Waals surface area contributed by atoms with Crippen molar-refractivity contribution in [3.05, 3.63) is 66.4 Å². The highest BCUT2D eigenvalue weighted by Gasteiger charge is 2.25. The summed E-state index contributed by atoms with van der Waals surface area (Å²) >= 11 is 0. The number of hydrogen-bond donors (Lipinski definition) is 1. The minimum absolute atomic E-state index is 0.0120. The number of benzene rings is 2. The van der Waals surface area contributed by atoms with Gasteiger partial charge in [-0.15, -0.1) is 0 Å². The van der Waals surface area contributed by atoms with Crippen molar-refractivity contribution in [2.24, 2.45) is 5.73 Å². The molecule has 2 aromatic heterocycles. The van der Waals surface area contributed by atoms with Gasteiger partial charge in [0.2, 0.25) is 5.95 Å². The second-order valence-corrected chi connectivity index (χ2v) is 9.81. The lowest BCUT2D eigenvalue weighted by Crippen LogP contribution is -2.31. The van der Waals surface area contributed by atoms with Crippen molar-refractivity contribution in [1.82, 2.24) is 19.4 Å². The smallest absolute Gasteiger partial charge is 0.253 e. The Hall–Kier alpha value is -3.63. The zero-order chi connectivity index (χ0) is 24.7. The molecule has 180 valence electrons. The lowest BCUT2D eigenvalue weighted by atomic mass is 10.1. The molecule has 10 heteroatoms. The Bertz CT molecular complexity index is 1450. The normalized spacial score (nSPS) is 16.6. The molecule has 2 unspecified atom stereocenters. The number of fused-ring (bicyclic) bond motifs is 1. The number of aromatic nitrogens is 3. The number of nitrogens with zero attached hydrogens (tertiary/aromatic N) is 4. The number of carbonyl (C=O) groups excluding carboxylic acids is 1. The van der Waals surface area contributed by atoms with Gasteiger partial charge in [-0.1, -0.05) is 6.07 Å². The van der Waals surface area contributed by atoms with Crippen molar-refractivity contribution in [2.75, 3.05) is 26.5 Å². The molecule has 0 aliphatic carbocycles. The van der Waals surface area contributed by atoms with Crippen LogP contribution in [0.2, 0.25) is 0 Å². The fourth-order valence-corrected chi connectivity index (χ4v) is 5.05. The molecule has 2 N–H and O–H groups in total. The van der Waals surface area contributed by atoms with Gasteiger partial charge in [-0.05, 0) is 36.8 Å². The van der Waals surface area contributed by atoms with Gasteiger partial charge in [0, 0.05) is 66.1 Å².